The zero-order valence-corrected chi connectivity index (χ0v) is 16.9. The molecular formula is C23H25N5O. The fourth-order valence-electron chi connectivity index (χ4n) is 3.56. The van der Waals surface area contributed by atoms with Gasteiger partial charge in [-0.2, -0.15) is 0 Å². The number of aromatic hydroxyl groups is 1. The Morgan fingerprint density at radius 2 is 1.79 bits per heavy atom. The first kappa shape index (κ1) is 19.1. The molecule has 6 heteroatoms. The minimum atomic E-state index is 0.263. The van der Waals surface area contributed by atoms with Gasteiger partial charge in [0.05, 0.1) is 12.0 Å². The first-order valence-corrected chi connectivity index (χ1v) is 9.93. The highest BCUT2D eigenvalue weighted by atomic mass is 16.3. The van der Waals surface area contributed by atoms with E-state index in [4.69, 9.17) is 9.97 Å². The molecule has 4 rings (SSSR count). The van der Waals surface area contributed by atoms with Crippen molar-refractivity contribution < 1.29 is 5.11 Å². The summed E-state index contributed by atoms with van der Waals surface area (Å²) in [6, 6.07) is 11.5. The van der Waals surface area contributed by atoms with Crippen molar-refractivity contribution in [1.82, 2.24) is 24.5 Å². The first-order valence-electron chi connectivity index (χ1n) is 9.93. The fraction of sp³-hybridized carbons (Fsp3) is 0.304. The predicted octanol–water partition coefficient (Wildman–Crippen LogP) is 4.60. The summed E-state index contributed by atoms with van der Waals surface area (Å²) in [5.41, 5.74) is 4.78. The summed E-state index contributed by atoms with van der Waals surface area (Å²) in [4.78, 5) is 18.5. The van der Waals surface area contributed by atoms with Gasteiger partial charge in [-0.1, -0.05) is 19.1 Å². The van der Waals surface area contributed by atoms with Gasteiger partial charge in [-0.05, 0) is 62.4 Å². The average molecular weight is 387 g/mol. The standard InChI is InChI=1S/C23H25N5O/c1-15(2)28-14-25-21-20(12-16(3)11-17-6-8-19(29)9-7-17)26-22(27-23(21)28)18-5-4-10-24-13-18/h4-10,13-16,29H,11-12H2,1-3H3. The van der Waals surface area contributed by atoms with E-state index < -0.39 is 0 Å². The summed E-state index contributed by atoms with van der Waals surface area (Å²) in [5, 5.41) is 9.50. The summed E-state index contributed by atoms with van der Waals surface area (Å²) in [7, 11) is 0. The molecule has 6 nitrogen and oxygen atoms in total. The van der Waals surface area contributed by atoms with Gasteiger partial charge >= 0.3 is 0 Å². The van der Waals surface area contributed by atoms with Gasteiger partial charge in [0, 0.05) is 24.0 Å². The molecule has 0 spiro atoms. The van der Waals surface area contributed by atoms with Gasteiger partial charge in [-0.25, -0.2) is 15.0 Å². The van der Waals surface area contributed by atoms with Gasteiger partial charge in [0.25, 0.3) is 0 Å². The third-order valence-corrected chi connectivity index (χ3v) is 5.03. The topological polar surface area (TPSA) is 76.7 Å². The number of rotatable bonds is 6. The zero-order chi connectivity index (χ0) is 20.4. The third kappa shape index (κ3) is 4.11. The van der Waals surface area contributed by atoms with E-state index in [9.17, 15) is 5.11 Å². The van der Waals surface area contributed by atoms with E-state index in [2.05, 4.69) is 35.3 Å². The third-order valence-electron chi connectivity index (χ3n) is 5.03. The fourth-order valence-corrected chi connectivity index (χ4v) is 3.56. The summed E-state index contributed by atoms with van der Waals surface area (Å²) < 4.78 is 2.09. The molecule has 1 atom stereocenters. The Hall–Kier alpha value is -3.28. The molecule has 1 aromatic carbocycles. The molecule has 0 saturated heterocycles. The summed E-state index contributed by atoms with van der Waals surface area (Å²) in [6.45, 7) is 6.46. The number of nitrogens with zero attached hydrogens (tertiary/aromatic N) is 5. The minimum absolute atomic E-state index is 0.263. The van der Waals surface area contributed by atoms with Crippen molar-refractivity contribution in [1.29, 1.82) is 0 Å². The summed E-state index contributed by atoms with van der Waals surface area (Å²) >= 11 is 0. The van der Waals surface area contributed by atoms with Crippen molar-refractivity contribution in [2.45, 2.75) is 39.7 Å². The summed E-state index contributed by atoms with van der Waals surface area (Å²) in [5.74, 6) is 1.34. The SMILES string of the molecule is CC(Cc1ccc(O)cc1)Cc1nc(-c2cccnc2)nc2c1ncn2C(C)C. The lowest BCUT2D eigenvalue weighted by molar-refractivity contribution is 0.474. The molecule has 29 heavy (non-hydrogen) atoms. The second-order valence-corrected chi connectivity index (χ2v) is 7.83. The number of benzene rings is 1. The molecular weight excluding hydrogens is 362 g/mol. The highest BCUT2D eigenvalue weighted by molar-refractivity contribution is 5.76. The molecule has 148 valence electrons. The van der Waals surface area contributed by atoms with Gasteiger partial charge in [0.1, 0.15) is 11.3 Å². The Kier molecular flexibility index (Phi) is 5.25. The van der Waals surface area contributed by atoms with Crippen LogP contribution in [0.4, 0.5) is 0 Å². The Bertz CT molecular complexity index is 1100. The molecule has 3 aromatic heterocycles. The number of hydrogen-bond acceptors (Lipinski definition) is 5. The molecule has 0 amide bonds. The van der Waals surface area contributed by atoms with Crippen molar-refractivity contribution in [2.75, 3.05) is 0 Å². The van der Waals surface area contributed by atoms with Gasteiger partial charge in [-0.15, -0.1) is 0 Å². The molecule has 0 fully saturated rings. The van der Waals surface area contributed by atoms with Crippen LogP contribution in [0.15, 0.2) is 55.1 Å². The Labute approximate surface area is 170 Å². The Morgan fingerprint density at radius 3 is 2.48 bits per heavy atom. The number of imidazole rings is 1. The van der Waals surface area contributed by atoms with E-state index in [1.807, 2.05) is 30.6 Å². The molecule has 0 bridgehead atoms. The monoisotopic (exact) mass is 387 g/mol. The lowest BCUT2D eigenvalue weighted by atomic mass is 9.96. The van der Waals surface area contributed by atoms with E-state index in [-0.39, 0.29) is 6.04 Å². The lowest BCUT2D eigenvalue weighted by Crippen LogP contribution is -2.08. The first-order chi connectivity index (χ1) is 14.0. The number of fused-ring (bicyclic) bond motifs is 1. The number of pyridine rings is 1. The van der Waals surface area contributed by atoms with Crippen LogP contribution in [0.2, 0.25) is 0 Å². The van der Waals surface area contributed by atoms with Crippen LogP contribution in [0.5, 0.6) is 5.75 Å². The lowest BCUT2D eigenvalue weighted by Gasteiger charge is -2.14. The molecule has 3 heterocycles. The quantitative estimate of drug-likeness (QED) is 0.523. The normalized spacial score (nSPS) is 12.6. The zero-order valence-electron chi connectivity index (χ0n) is 16.9. The Balaban J connectivity index is 1.71. The summed E-state index contributed by atoms with van der Waals surface area (Å²) in [6.07, 6.45) is 7.09. The second kappa shape index (κ2) is 7.99. The van der Waals surface area contributed by atoms with Crippen LogP contribution < -0.4 is 0 Å². The highest BCUT2D eigenvalue weighted by Gasteiger charge is 2.18. The Morgan fingerprint density at radius 1 is 1.00 bits per heavy atom. The molecule has 0 saturated carbocycles. The van der Waals surface area contributed by atoms with Crippen molar-refractivity contribution in [3.05, 3.63) is 66.4 Å². The minimum Gasteiger partial charge on any atom is -0.508 e. The van der Waals surface area contributed by atoms with Crippen LogP contribution >= 0.6 is 0 Å². The molecule has 1 unspecified atom stereocenters. The van der Waals surface area contributed by atoms with Gasteiger partial charge < -0.3 is 9.67 Å². The number of aromatic nitrogens is 5. The van der Waals surface area contributed by atoms with Crippen LogP contribution in [-0.4, -0.2) is 29.6 Å². The van der Waals surface area contributed by atoms with Crippen LogP contribution in [0.1, 0.15) is 38.1 Å². The van der Waals surface area contributed by atoms with E-state index in [0.717, 1.165) is 35.3 Å². The van der Waals surface area contributed by atoms with Crippen molar-refractivity contribution >= 4 is 11.2 Å². The van der Waals surface area contributed by atoms with Crippen LogP contribution in [-0.2, 0) is 12.8 Å². The van der Waals surface area contributed by atoms with Crippen molar-refractivity contribution in [2.24, 2.45) is 5.92 Å². The molecule has 0 radical (unpaired) electrons. The van der Waals surface area contributed by atoms with E-state index in [1.54, 1.807) is 24.5 Å². The van der Waals surface area contributed by atoms with Crippen molar-refractivity contribution in [3.63, 3.8) is 0 Å². The number of hydrogen-bond donors (Lipinski definition) is 1. The number of phenolic OH excluding ortho intramolecular Hbond substituents is 1. The van der Waals surface area contributed by atoms with Gasteiger partial charge in [-0.3, -0.25) is 4.98 Å². The maximum Gasteiger partial charge on any atom is 0.164 e. The molecule has 0 aliphatic carbocycles. The van der Waals surface area contributed by atoms with Crippen LogP contribution in [0.3, 0.4) is 0 Å². The second-order valence-electron chi connectivity index (χ2n) is 7.83. The smallest absolute Gasteiger partial charge is 0.164 e. The average Bonchev–Trinajstić information content (AvgIpc) is 3.15. The van der Waals surface area contributed by atoms with Crippen LogP contribution in [0, 0.1) is 5.92 Å². The van der Waals surface area contributed by atoms with Gasteiger partial charge in [0.2, 0.25) is 0 Å². The maximum atomic E-state index is 9.50. The predicted molar refractivity (Wildman–Crippen MR) is 114 cm³/mol. The van der Waals surface area contributed by atoms with Crippen molar-refractivity contribution in [3.8, 4) is 17.1 Å². The number of phenols is 1. The maximum absolute atomic E-state index is 9.50. The van der Waals surface area contributed by atoms with Crippen LogP contribution in [0.25, 0.3) is 22.6 Å². The highest BCUT2D eigenvalue weighted by Crippen LogP contribution is 2.25. The molecule has 0 aliphatic rings. The molecule has 1 N–H and O–H groups in total. The van der Waals surface area contributed by atoms with Gasteiger partial charge in [0.15, 0.2) is 11.5 Å². The largest absolute Gasteiger partial charge is 0.508 e. The molecule has 4 aromatic rings. The molecule has 0 aliphatic heterocycles. The van der Waals surface area contributed by atoms with E-state index >= 15 is 0 Å². The van der Waals surface area contributed by atoms with E-state index in [0.29, 0.717) is 17.5 Å². The van der Waals surface area contributed by atoms with E-state index in [1.165, 1.54) is 5.56 Å².